The van der Waals surface area contributed by atoms with E-state index >= 15 is 0 Å². The standard InChI is InChI=1S/C26H24ClF2N3O2/c27-21-3-1-2-4-22(21)30-25(34)31-15-13-26(14-16-31)23(17-5-7-18(28)8-6-17)32(24(26)33)20-11-9-19(29)10-12-20/h1-12,21-23H,13-16H2,(H,30,34). The fraction of sp³-hybridized carbons (Fsp3) is 0.308. The highest BCUT2D eigenvalue weighted by Crippen LogP contribution is 2.57. The van der Waals surface area contributed by atoms with Crippen LogP contribution in [0.1, 0.15) is 24.4 Å². The van der Waals surface area contributed by atoms with E-state index in [1.165, 1.54) is 24.3 Å². The maximum absolute atomic E-state index is 13.6. The van der Waals surface area contributed by atoms with Crippen molar-refractivity contribution in [3.05, 3.63) is 90.0 Å². The number of amides is 3. The number of carbonyl (C=O) groups is 2. The largest absolute Gasteiger partial charge is 0.330 e. The number of allylic oxidation sites excluding steroid dienone is 2. The van der Waals surface area contributed by atoms with Gasteiger partial charge in [0.05, 0.1) is 22.9 Å². The van der Waals surface area contributed by atoms with Crippen LogP contribution in [0, 0.1) is 17.0 Å². The first kappa shape index (κ1) is 22.6. The molecule has 2 aliphatic heterocycles. The molecule has 2 aromatic rings. The second-order valence-electron chi connectivity index (χ2n) is 8.94. The Morgan fingerprint density at radius 2 is 1.53 bits per heavy atom. The predicted octanol–water partition coefficient (Wildman–Crippen LogP) is 4.95. The zero-order valence-electron chi connectivity index (χ0n) is 18.3. The number of anilines is 1. The fourth-order valence-corrected chi connectivity index (χ4v) is 5.40. The highest BCUT2D eigenvalue weighted by Gasteiger charge is 2.62. The lowest BCUT2D eigenvalue weighted by Crippen LogP contribution is -2.67. The van der Waals surface area contributed by atoms with Crippen LogP contribution in [0.4, 0.5) is 19.3 Å². The number of piperidine rings is 1. The number of nitrogens with one attached hydrogen (secondary N) is 1. The van der Waals surface area contributed by atoms with E-state index in [1.54, 1.807) is 34.1 Å². The number of rotatable bonds is 3. The summed E-state index contributed by atoms with van der Waals surface area (Å²) in [5.74, 6) is -0.797. The first-order chi connectivity index (χ1) is 16.4. The number of hydrogen-bond acceptors (Lipinski definition) is 2. The Labute approximate surface area is 201 Å². The lowest BCUT2D eigenvalue weighted by atomic mass is 9.62. The van der Waals surface area contributed by atoms with Crippen LogP contribution in [-0.4, -0.2) is 41.3 Å². The molecule has 1 aliphatic carbocycles. The molecule has 2 fully saturated rings. The van der Waals surface area contributed by atoms with Gasteiger partial charge in [-0.3, -0.25) is 4.79 Å². The van der Waals surface area contributed by atoms with Crippen molar-refractivity contribution in [2.45, 2.75) is 30.3 Å². The van der Waals surface area contributed by atoms with Gasteiger partial charge < -0.3 is 15.1 Å². The number of urea groups is 1. The van der Waals surface area contributed by atoms with E-state index in [9.17, 15) is 18.4 Å². The van der Waals surface area contributed by atoms with Crippen LogP contribution >= 0.6 is 11.6 Å². The summed E-state index contributed by atoms with van der Waals surface area (Å²) in [4.78, 5) is 29.7. The minimum atomic E-state index is -0.703. The van der Waals surface area contributed by atoms with Crippen LogP contribution in [0.5, 0.6) is 0 Å². The molecule has 3 atom stereocenters. The molecule has 34 heavy (non-hydrogen) atoms. The molecule has 2 heterocycles. The van der Waals surface area contributed by atoms with Gasteiger partial charge in [0.25, 0.3) is 0 Å². The quantitative estimate of drug-likeness (QED) is 0.496. The predicted molar refractivity (Wildman–Crippen MR) is 127 cm³/mol. The first-order valence-electron chi connectivity index (χ1n) is 11.3. The molecule has 3 unspecified atom stereocenters. The third-order valence-electron chi connectivity index (χ3n) is 7.02. The second-order valence-corrected chi connectivity index (χ2v) is 9.44. The molecule has 0 bridgehead atoms. The number of hydrogen-bond donors (Lipinski definition) is 1. The van der Waals surface area contributed by atoms with Gasteiger partial charge in [0.1, 0.15) is 11.6 Å². The Morgan fingerprint density at radius 1 is 0.941 bits per heavy atom. The van der Waals surface area contributed by atoms with Crippen LogP contribution in [-0.2, 0) is 4.79 Å². The molecule has 3 amide bonds. The average Bonchev–Trinajstić information content (AvgIpc) is 2.85. The molecule has 0 aromatic heterocycles. The van der Waals surface area contributed by atoms with Crippen LogP contribution in [0.2, 0.25) is 0 Å². The molecule has 2 aromatic carbocycles. The Morgan fingerprint density at radius 3 is 2.15 bits per heavy atom. The van der Waals surface area contributed by atoms with Gasteiger partial charge >= 0.3 is 6.03 Å². The van der Waals surface area contributed by atoms with Crippen LogP contribution in [0.25, 0.3) is 0 Å². The van der Waals surface area contributed by atoms with Gasteiger partial charge in [0.15, 0.2) is 0 Å². The zero-order valence-corrected chi connectivity index (χ0v) is 19.1. The second kappa shape index (κ2) is 8.87. The van der Waals surface area contributed by atoms with Gasteiger partial charge in [0.2, 0.25) is 5.91 Å². The van der Waals surface area contributed by atoms with Crippen molar-refractivity contribution in [1.29, 1.82) is 0 Å². The van der Waals surface area contributed by atoms with Gasteiger partial charge in [-0.05, 0) is 54.8 Å². The molecule has 1 N–H and O–H groups in total. The topological polar surface area (TPSA) is 52.7 Å². The van der Waals surface area contributed by atoms with Crippen LogP contribution in [0.15, 0.2) is 72.8 Å². The summed E-state index contributed by atoms with van der Waals surface area (Å²) in [7, 11) is 0. The van der Waals surface area contributed by atoms with Crippen molar-refractivity contribution < 1.29 is 18.4 Å². The van der Waals surface area contributed by atoms with Crippen LogP contribution in [0.3, 0.4) is 0 Å². The summed E-state index contributed by atoms with van der Waals surface area (Å²) < 4.78 is 27.1. The summed E-state index contributed by atoms with van der Waals surface area (Å²) in [6.45, 7) is 0.817. The Kier molecular flexibility index (Phi) is 5.90. The molecule has 0 saturated carbocycles. The maximum atomic E-state index is 13.6. The first-order valence-corrected chi connectivity index (χ1v) is 11.7. The number of benzene rings is 2. The van der Waals surface area contributed by atoms with E-state index in [0.29, 0.717) is 31.6 Å². The average molecular weight is 484 g/mol. The highest BCUT2D eigenvalue weighted by molar-refractivity contribution is 6.22. The smallest absolute Gasteiger partial charge is 0.317 e. The molecule has 8 heteroatoms. The maximum Gasteiger partial charge on any atom is 0.317 e. The fourth-order valence-electron chi connectivity index (χ4n) is 5.17. The molecular weight excluding hydrogens is 460 g/mol. The number of nitrogens with zero attached hydrogens (tertiary/aromatic N) is 2. The van der Waals surface area contributed by atoms with E-state index in [2.05, 4.69) is 5.32 Å². The number of alkyl halides is 1. The molecule has 5 rings (SSSR count). The third kappa shape index (κ3) is 3.88. The lowest BCUT2D eigenvalue weighted by Gasteiger charge is -2.59. The van der Waals surface area contributed by atoms with Crippen molar-refractivity contribution in [2.24, 2.45) is 5.41 Å². The van der Waals surface area contributed by atoms with Crippen molar-refractivity contribution in [2.75, 3.05) is 18.0 Å². The Bertz CT molecular complexity index is 1140. The lowest BCUT2D eigenvalue weighted by molar-refractivity contribution is -0.144. The zero-order chi connectivity index (χ0) is 23.9. The Hall–Kier alpha value is -3.19. The van der Waals surface area contributed by atoms with Gasteiger partial charge in [-0.25, -0.2) is 13.6 Å². The molecule has 2 saturated heterocycles. The van der Waals surface area contributed by atoms with Gasteiger partial charge in [0, 0.05) is 18.8 Å². The van der Waals surface area contributed by atoms with Gasteiger partial charge in [-0.2, -0.15) is 0 Å². The minimum Gasteiger partial charge on any atom is -0.330 e. The normalized spacial score (nSPS) is 25.4. The van der Waals surface area contributed by atoms with Crippen molar-refractivity contribution in [3.63, 3.8) is 0 Å². The number of β-lactam (4-membered cyclic amide) rings is 1. The van der Waals surface area contributed by atoms with Crippen LogP contribution < -0.4 is 10.2 Å². The van der Waals surface area contributed by atoms with Gasteiger partial charge in [-0.1, -0.05) is 36.4 Å². The summed E-state index contributed by atoms with van der Waals surface area (Å²) in [5, 5.41) is 2.63. The molecular formula is C26H24ClF2N3O2. The minimum absolute atomic E-state index is 0.0605. The van der Waals surface area contributed by atoms with E-state index < -0.39 is 5.41 Å². The molecule has 0 radical (unpaired) electrons. The van der Waals surface area contributed by atoms with E-state index in [0.717, 1.165) is 5.56 Å². The number of carbonyl (C=O) groups excluding carboxylic acids is 2. The number of likely N-dealkylation sites (tertiary alicyclic amines) is 1. The monoisotopic (exact) mass is 483 g/mol. The van der Waals surface area contributed by atoms with E-state index in [-0.39, 0.29) is 41.0 Å². The molecule has 1 spiro atoms. The Balaban J connectivity index is 1.35. The van der Waals surface area contributed by atoms with Gasteiger partial charge in [-0.15, -0.1) is 11.6 Å². The third-order valence-corrected chi connectivity index (χ3v) is 7.43. The van der Waals surface area contributed by atoms with Crippen molar-refractivity contribution in [3.8, 4) is 0 Å². The van der Waals surface area contributed by atoms with E-state index in [4.69, 9.17) is 11.6 Å². The van der Waals surface area contributed by atoms with Crippen molar-refractivity contribution >= 4 is 29.2 Å². The summed E-state index contributed by atoms with van der Waals surface area (Å²) in [6.07, 6.45) is 8.31. The summed E-state index contributed by atoms with van der Waals surface area (Å²) in [6, 6.07) is 11.1. The molecule has 176 valence electrons. The molecule has 5 nitrogen and oxygen atoms in total. The SMILES string of the molecule is O=C(NC1C=CC=CC1Cl)N1CCC2(CC1)C(=O)N(c1ccc(F)cc1)C2c1ccc(F)cc1. The van der Waals surface area contributed by atoms with E-state index in [1.807, 2.05) is 24.3 Å². The van der Waals surface area contributed by atoms with Crippen molar-refractivity contribution in [1.82, 2.24) is 10.2 Å². The summed E-state index contributed by atoms with van der Waals surface area (Å²) >= 11 is 6.27. The summed E-state index contributed by atoms with van der Waals surface area (Å²) in [5.41, 5.74) is 0.704. The number of halogens is 3. The highest BCUT2D eigenvalue weighted by atomic mass is 35.5. The molecule has 3 aliphatic rings.